The molecule has 1 aromatic carbocycles. The summed E-state index contributed by atoms with van der Waals surface area (Å²) in [5, 5.41) is 7.78. The molecule has 0 fully saturated rings. The Bertz CT molecular complexity index is 928. The lowest BCUT2D eigenvalue weighted by Crippen LogP contribution is -2.29. The number of fused-ring (bicyclic) bond motifs is 2. The standard InChI is InChI=1S/C19H19N3O3/c1-12-2-4-14(25-12)9-22-7-6-16-15(10-22)19(21-20-16)13-3-5-17-18(8-13)24-11-23-17/h2-5,8H,6-7,9-11H2,1H3,(H,20,21). The van der Waals surface area contributed by atoms with Gasteiger partial charge in [-0.15, -0.1) is 0 Å². The fourth-order valence-electron chi connectivity index (χ4n) is 3.56. The van der Waals surface area contributed by atoms with Gasteiger partial charge in [0.2, 0.25) is 6.79 Å². The Morgan fingerprint density at radius 2 is 2.08 bits per heavy atom. The molecule has 0 unspecified atom stereocenters. The monoisotopic (exact) mass is 337 g/mol. The van der Waals surface area contributed by atoms with Crippen molar-refractivity contribution in [3.8, 4) is 22.8 Å². The summed E-state index contributed by atoms with van der Waals surface area (Å²) in [6.07, 6.45) is 0.965. The Kier molecular flexibility index (Phi) is 3.31. The first-order valence-corrected chi connectivity index (χ1v) is 8.50. The molecule has 3 aromatic rings. The molecule has 4 heterocycles. The highest BCUT2D eigenvalue weighted by Gasteiger charge is 2.24. The van der Waals surface area contributed by atoms with E-state index in [2.05, 4.69) is 21.2 Å². The Morgan fingerprint density at radius 3 is 2.96 bits per heavy atom. The number of furan rings is 1. The van der Waals surface area contributed by atoms with Crippen LogP contribution in [0.1, 0.15) is 22.8 Å². The van der Waals surface area contributed by atoms with Crippen LogP contribution in [-0.2, 0) is 19.5 Å². The number of aryl methyl sites for hydroxylation is 1. The number of H-pyrrole nitrogens is 1. The van der Waals surface area contributed by atoms with E-state index in [-0.39, 0.29) is 6.79 Å². The van der Waals surface area contributed by atoms with Crippen LogP contribution in [0.3, 0.4) is 0 Å². The molecule has 6 heteroatoms. The fourth-order valence-corrected chi connectivity index (χ4v) is 3.56. The number of hydrogen-bond donors (Lipinski definition) is 1. The van der Waals surface area contributed by atoms with Crippen molar-refractivity contribution in [3.05, 3.63) is 53.1 Å². The van der Waals surface area contributed by atoms with E-state index in [9.17, 15) is 0 Å². The molecule has 6 nitrogen and oxygen atoms in total. The van der Waals surface area contributed by atoms with Gasteiger partial charge in [0.25, 0.3) is 0 Å². The molecule has 0 bridgehead atoms. The van der Waals surface area contributed by atoms with Crippen molar-refractivity contribution in [2.75, 3.05) is 13.3 Å². The zero-order chi connectivity index (χ0) is 16.8. The van der Waals surface area contributed by atoms with Gasteiger partial charge in [0.05, 0.1) is 12.2 Å². The van der Waals surface area contributed by atoms with Gasteiger partial charge in [-0.2, -0.15) is 5.10 Å². The van der Waals surface area contributed by atoms with Gasteiger partial charge < -0.3 is 13.9 Å². The van der Waals surface area contributed by atoms with Crippen molar-refractivity contribution < 1.29 is 13.9 Å². The average Bonchev–Trinajstić information content (AvgIpc) is 3.33. The summed E-state index contributed by atoms with van der Waals surface area (Å²) < 4.78 is 16.6. The van der Waals surface area contributed by atoms with Crippen molar-refractivity contribution in [2.24, 2.45) is 0 Å². The highest BCUT2D eigenvalue weighted by atomic mass is 16.7. The van der Waals surface area contributed by atoms with E-state index < -0.39 is 0 Å². The van der Waals surface area contributed by atoms with Crippen LogP contribution < -0.4 is 9.47 Å². The summed E-state index contributed by atoms with van der Waals surface area (Å²) >= 11 is 0. The molecule has 2 aliphatic heterocycles. The average molecular weight is 337 g/mol. The summed E-state index contributed by atoms with van der Waals surface area (Å²) in [4.78, 5) is 2.40. The number of hydrogen-bond acceptors (Lipinski definition) is 5. The molecule has 0 aliphatic carbocycles. The second kappa shape index (κ2) is 5.67. The third-order valence-corrected chi connectivity index (χ3v) is 4.83. The van der Waals surface area contributed by atoms with Crippen molar-refractivity contribution in [1.82, 2.24) is 15.1 Å². The van der Waals surface area contributed by atoms with E-state index in [1.165, 1.54) is 11.3 Å². The molecule has 0 amide bonds. The number of aromatic nitrogens is 2. The summed E-state index contributed by atoms with van der Waals surface area (Å²) in [7, 11) is 0. The van der Waals surface area contributed by atoms with Crippen LogP contribution in [0.15, 0.2) is 34.7 Å². The fraction of sp³-hybridized carbons (Fsp3) is 0.316. The summed E-state index contributed by atoms with van der Waals surface area (Å²) in [6.45, 7) is 4.93. The Hall–Kier alpha value is -2.73. The smallest absolute Gasteiger partial charge is 0.231 e. The normalized spacial score (nSPS) is 16.2. The molecule has 128 valence electrons. The molecule has 2 aliphatic rings. The third kappa shape index (κ3) is 2.59. The van der Waals surface area contributed by atoms with Gasteiger partial charge in [0, 0.05) is 36.3 Å². The highest BCUT2D eigenvalue weighted by molar-refractivity contribution is 5.68. The molecule has 25 heavy (non-hydrogen) atoms. The van der Waals surface area contributed by atoms with E-state index in [0.29, 0.717) is 0 Å². The zero-order valence-electron chi connectivity index (χ0n) is 14.0. The molecular formula is C19H19N3O3. The lowest BCUT2D eigenvalue weighted by molar-refractivity contribution is 0.174. The second-order valence-corrected chi connectivity index (χ2v) is 6.57. The minimum absolute atomic E-state index is 0.286. The molecule has 0 atom stereocenters. The molecule has 0 spiro atoms. The van der Waals surface area contributed by atoms with Gasteiger partial charge in [-0.25, -0.2) is 0 Å². The molecule has 0 saturated heterocycles. The quantitative estimate of drug-likeness (QED) is 0.795. The summed E-state index contributed by atoms with van der Waals surface area (Å²) in [5.74, 6) is 3.54. The lowest BCUT2D eigenvalue weighted by Gasteiger charge is -2.26. The van der Waals surface area contributed by atoms with E-state index in [1.807, 2.05) is 31.2 Å². The molecule has 0 radical (unpaired) electrons. The first-order chi connectivity index (χ1) is 12.3. The maximum Gasteiger partial charge on any atom is 0.231 e. The third-order valence-electron chi connectivity index (χ3n) is 4.83. The molecule has 2 aromatic heterocycles. The van der Waals surface area contributed by atoms with Crippen molar-refractivity contribution in [2.45, 2.75) is 26.4 Å². The number of nitrogens with zero attached hydrogens (tertiary/aromatic N) is 2. The van der Waals surface area contributed by atoms with Crippen LogP contribution in [-0.4, -0.2) is 28.4 Å². The van der Waals surface area contributed by atoms with Crippen LogP contribution in [0, 0.1) is 6.92 Å². The largest absolute Gasteiger partial charge is 0.465 e. The Labute approximate surface area is 145 Å². The van der Waals surface area contributed by atoms with Crippen molar-refractivity contribution in [1.29, 1.82) is 0 Å². The maximum absolute atomic E-state index is 5.73. The van der Waals surface area contributed by atoms with Gasteiger partial charge in [-0.1, -0.05) is 0 Å². The highest BCUT2D eigenvalue weighted by Crippen LogP contribution is 2.37. The minimum Gasteiger partial charge on any atom is -0.465 e. The first kappa shape index (κ1) is 14.6. The van der Waals surface area contributed by atoms with E-state index in [0.717, 1.165) is 60.3 Å². The van der Waals surface area contributed by atoms with Crippen LogP contribution >= 0.6 is 0 Å². The van der Waals surface area contributed by atoms with E-state index in [1.54, 1.807) is 0 Å². The van der Waals surface area contributed by atoms with E-state index >= 15 is 0 Å². The van der Waals surface area contributed by atoms with Crippen molar-refractivity contribution in [3.63, 3.8) is 0 Å². The summed E-state index contributed by atoms with van der Waals surface area (Å²) in [6, 6.07) is 10.1. The Morgan fingerprint density at radius 1 is 1.16 bits per heavy atom. The topological polar surface area (TPSA) is 63.5 Å². The zero-order valence-corrected chi connectivity index (χ0v) is 14.0. The van der Waals surface area contributed by atoms with Crippen LogP contribution in [0.4, 0.5) is 0 Å². The Balaban J connectivity index is 1.42. The number of ether oxygens (including phenoxy) is 2. The van der Waals surface area contributed by atoms with Crippen LogP contribution in [0.2, 0.25) is 0 Å². The number of rotatable bonds is 3. The number of benzene rings is 1. The van der Waals surface area contributed by atoms with Crippen molar-refractivity contribution >= 4 is 0 Å². The van der Waals surface area contributed by atoms with Crippen LogP contribution in [0.5, 0.6) is 11.5 Å². The molecule has 5 rings (SSSR count). The van der Waals surface area contributed by atoms with E-state index in [4.69, 9.17) is 13.9 Å². The van der Waals surface area contributed by atoms with Gasteiger partial charge >= 0.3 is 0 Å². The number of aromatic amines is 1. The first-order valence-electron chi connectivity index (χ1n) is 8.50. The van der Waals surface area contributed by atoms with Gasteiger partial charge in [0.1, 0.15) is 11.5 Å². The maximum atomic E-state index is 5.73. The van der Waals surface area contributed by atoms with Gasteiger partial charge in [-0.05, 0) is 37.3 Å². The van der Waals surface area contributed by atoms with Crippen LogP contribution in [0.25, 0.3) is 11.3 Å². The second-order valence-electron chi connectivity index (χ2n) is 6.57. The van der Waals surface area contributed by atoms with Gasteiger partial charge in [0.15, 0.2) is 11.5 Å². The summed E-state index contributed by atoms with van der Waals surface area (Å²) in [5.41, 5.74) is 4.53. The SMILES string of the molecule is Cc1ccc(CN2CCc3[nH]nc(-c4ccc5c(c4)OCO5)c3C2)o1. The molecule has 1 N–H and O–H groups in total. The molecular weight excluding hydrogens is 318 g/mol. The number of nitrogens with one attached hydrogen (secondary N) is 1. The predicted molar refractivity (Wildman–Crippen MR) is 91.4 cm³/mol. The van der Waals surface area contributed by atoms with Gasteiger partial charge in [-0.3, -0.25) is 10.00 Å². The lowest BCUT2D eigenvalue weighted by atomic mass is 10.0. The predicted octanol–water partition coefficient (Wildman–Crippen LogP) is 3.27. The molecule has 0 saturated carbocycles. The minimum atomic E-state index is 0.286.